The summed E-state index contributed by atoms with van der Waals surface area (Å²) in [5, 5.41) is 18.0. The number of rotatable bonds is 8. The van der Waals surface area contributed by atoms with Gasteiger partial charge in [0.15, 0.2) is 0 Å². The first-order chi connectivity index (χ1) is 12.1. The lowest BCUT2D eigenvalue weighted by atomic mass is 10.3. The van der Waals surface area contributed by atoms with E-state index in [-0.39, 0.29) is 18.2 Å². The Hall–Kier alpha value is -2.84. The van der Waals surface area contributed by atoms with Gasteiger partial charge in [0.2, 0.25) is 11.6 Å². The molecule has 2 aromatic rings. The van der Waals surface area contributed by atoms with E-state index in [1.165, 1.54) is 17.0 Å². The lowest BCUT2D eigenvalue weighted by Gasteiger charge is -2.13. The van der Waals surface area contributed by atoms with Crippen LogP contribution in [0.5, 0.6) is 5.88 Å². The molecule has 2 rings (SSSR count). The molecular weight excluding hydrogens is 324 g/mol. The van der Waals surface area contributed by atoms with Gasteiger partial charge in [-0.25, -0.2) is 14.8 Å². The molecule has 0 aliphatic heterocycles. The minimum atomic E-state index is -0.664. The molecule has 0 saturated heterocycles. The van der Waals surface area contributed by atoms with Gasteiger partial charge in [-0.05, 0) is 18.9 Å². The topological polar surface area (TPSA) is 115 Å². The SMILES string of the molecule is CCCCn1c(O)c(N=Nc2ncccn2)c(=O)n(CCCC)c1=O. The highest BCUT2D eigenvalue weighted by Gasteiger charge is 2.18. The van der Waals surface area contributed by atoms with Gasteiger partial charge < -0.3 is 5.11 Å². The minimum Gasteiger partial charge on any atom is -0.493 e. The number of aromatic hydroxyl groups is 1. The van der Waals surface area contributed by atoms with Crippen LogP contribution in [0.4, 0.5) is 11.6 Å². The Balaban J connectivity index is 2.54. The summed E-state index contributed by atoms with van der Waals surface area (Å²) >= 11 is 0. The van der Waals surface area contributed by atoms with Gasteiger partial charge in [-0.2, -0.15) is 0 Å². The van der Waals surface area contributed by atoms with E-state index in [4.69, 9.17) is 0 Å². The fourth-order valence-electron chi connectivity index (χ4n) is 2.23. The summed E-state index contributed by atoms with van der Waals surface area (Å²) in [4.78, 5) is 32.8. The van der Waals surface area contributed by atoms with E-state index >= 15 is 0 Å². The van der Waals surface area contributed by atoms with Gasteiger partial charge in [0, 0.05) is 25.5 Å². The molecule has 0 saturated carbocycles. The monoisotopic (exact) mass is 346 g/mol. The maximum absolute atomic E-state index is 12.6. The van der Waals surface area contributed by atoms with Crippen molar-refractivity contribution < 1.29 is 5.11 Å². The molecule has 0 spiro atoms. The molecule has 25 heavy (non-hydrogen) atoms. The lowest BCUT2D eigenvalue weighted by Crippen LogP contribution is -2.39. The van der Waals surface area contributed by atoms with Crippen molar-refractivity contribution in [1.82, 2.24) is 19.1 Å². The van der Waals surface area contributed by atoms with Crippen molar-refractivity contribution in [3.8, 4) is 5.88 Å². The average molecular weight is 346 g/mol. The van der Waals surface area contributed by atoms with Crippen LogP contribution in [0.2, 0.25) is 0 Å². The quantitative estimate of drug-likeness (QED) is 0.738. The third-order valence-corrected chi connectivity index (χ3v) is 3.64. The number of nitrogens with zero attached hydrogens (tertiary/aromatic N) is 6. The predicted octanol–water partition coefficient (Wildman–Crippen LogP) is 2.52. The van der Waals surface area contributed by atoms with E-state index in [2.05, 4.69) is 20.2 Å². The predicted molar refractivity (Wildman–Crippen MR) is 92.7 cm³/mol. The average Bonchev–Trinajstić information content (AvgIpc) is 2.62. The first kappa shape index (κ1) is 18.5. The van der Waals surface area contributed by atoms with Crippen molar-refractivity contribution in [2.75, 3.05) is 0 Å². The molecule has 9 heteroatoms. The van der Waals surface area contributed by atoms with Crippen LogP contribution in [0.15, 0.2) is 38.3 Å². The molecule has 0 aromatic carbocycles. The van der Waals surface area contributed by atoms with Crippen LogP contribution in [0.3, 0.4) is 0 Å². The number of aromatic nitrogens is 4. The largest absolute Gasteiger partial charge is 0.493 e. The zero-order valence-corrected chi connectivity index (χ0v) is 14.4. The zero-order valence-electron chi connectivity index (χ0n) is 14.4. The summed E-state index contributed by atoms with van der Waals surface area (Å²) in [6.45, 7) is 4.51. The van der Waals surface area contributed by atoms with Gasteiger partial charge >= 0.3 is 5.69 Å². The highest BCUT2D eigenvalue weighted by molar-refractivity contribution is 5.44. The van der Waals surface area contributed by atoms with E-state index in [0.29, 0.717) is 19.4 Å². The van der Waals surface area contributed by atoms with Gasteiger partial charge in [-0.15, -0.1) is 10.2 Å². The molecule has 0 amide bonds. The third kappa shape index (κ3) is 4.37. The van der Waals surface area contributed by atoms with E-state index in [1.54, 1.807) is 6.07 Å². The second-order valence-electron chi connectivity index (χ2n) is 5.52. The fourth-order valence-corrected chi connectivity index (χ4v) is 2.23. The van der Waals surface area contributed by atoms with Crippen molar-refractivity contribution in [3.63, 3.8) is 0 Å². The first-order valence-corrected chi connectivity index (χ1v) is 8.35. The molecule has 0 aliphatic rings. The van der Waals surface area contributed by atoms with Crippen LogP contribution >= 0.6 is 0 Å². The molecule has 134 valence electrons. The highest BCUT2D eigenvalue weighted by Crippen LogP contribution is 2.22. The Labute approximate surface area is 144 Å². The molecule has 0 fully saturated rings. The summed E-state index contributed by atoms with van der Waals surface area (Å²) in [7, 11) is 0. The zero-order chi connectivity index (χ0) is 18.2. The second kappa shape index (κ2) is 8.86. The Kier molecular flexibility index (Phi) is 6.55. The summed E-state index contributed by atoms with van der Waals surface area (Å²) in [6, 6.07) is 1.62. The summed E-state index contributed by atoms with van der Waals surface area (Å²) in [5.74, 6) is -0.413. The molecule has 0 unspecified atom stereocenters. The highest BCUT2D eigenvalue weighted by atomic mass is 16.3. The summed E-state index contributed by atoms with van der Waals surface area (Å²) in [5.41, 5.74) is -1.47. The van der Waals surface area contributed by atoms with Crippen molar-refractivity contribution in [3.05, 3.63) is 39.3 Å². The molecular formula is C16H22N6O3. The molecule has 0 atom stereocenters. The van der Waals surface area contributed by atoms with Crippen molar-refractivity contribution in [2.45, 2.75) is 52.6 Å². The number of azo groups is 1. The maximum atomic E-state index is 12.6. The van der Waals surface area contributed by atoms with Gasteiger partial charge in [0.1, 0.15) is 0 Å². The van der Waals surface area contributed by atoms with E-state index in [0.717, 1.165) is 17.4 Å². The van der Waals surface area contributed by atoms with Crippen molar-refractivity contribution in [1.29, 1.82) is 0 Å². The Morgan fingerprint density at radius 3 is 2.20 bits per heavy atom. The molecule has 0 aliphatic carbocycles. The number of hydrogen-bond donors (Lipinski definition) is 1. The molecule has 2 heterocycles. The summed E-state index contributed by atoms with van der Waals surface area (Å²) < 4.78 is 2.26. The Bertz CT molecular complexity index is 841. The van der Waals surface area contributed by atoms with Crippen LogP contribution in [0, 0.1) is 0 Å². The number of unbranched alkanes of at least 4 members (excludes halogenated alkanes) is 2. The molecule has 0 bridgehead atoms. The van der Waals surface area contributed by atoms with Crippen LogP contribution in [-0.4, -0.2) is 24.2 Å². The van der Waals surface area contributed by atoms with Crippen molar-refractivity contribution in [2.24, 2.45) is 10.2 Å². The number of hydrogen-bond acceptors (Lipinski definition) is 7. The van der Waals surface area contributed by atoms with Gasteiger partial charge in [-0.3, -0.25) is 13.9 Å². The molecule has 2 aromatic heterocycles. The maximum Gasteiger partial charge on any atom is 0.333 e. The molecule has 9 nitrogen and oxygen atoms in total. The molecule has 1 N–H and O–H groups in total. The lowest BCUT2D eigenvalue weighted by molar-refractivity contribution is 0.384. The fraction of sp³-hybridized carbons (Fsp3) is 0.500. The smallest absolute Gasteiger partial charge is 0.333 e. The Morgan fingerprint density at radius 2 is 1.60 bits per heavy atom. The minimum absolute atomic E-state index is 0.0627. The van der Waals surface area contributed by atoms with Crippen LogP contribution in [-0.2, 0) is 13.1 Å². The van der Waals surface area contributed by atoms with Crippen LogP contribution in [0.25, 0.3) is 0 Å². The third-order valence-electron chi connectivity index (χ3n) is 3.64. The second-order valence-corrected chi connectivity index (χ2v) is 5.52. The van der Waals surface area contributed by atoms with Gasteiger partial charge in [-0.1, -0.05) is 26.7 Å². The van der Waals surface area contributed by atoms with E-state index < -0.39 is 17.1 Å². The summed E-state index contributed by atoms with van der Waals surface area (Å²) in [6.07, 6.45) is 6.01. The van der Waals surface area contributed by atoms with Gasteiger partial charge in [0.05, 0.1) is 0 Å². The van der Waals surface area contributed by atoms with Crippen molar-refractivity contribution >= 4 is 11.6 Å². The van der Waals surface area contributed by atoms with Crippen LogP contribution < -0.4 is 11.2 Å². The first-order valence-electron chi connectivity index (χ1n) is 8.35. The molecule has 0 radical (unpaired) electrons. The van der Waals surface area contributed by atoms with E-state index in [9.17, 15) is 14.7 Å². The normalized spacial score (nSPS) is 11.3. The van der Waals surface area contributed by atoms with Crippen LogP contribution in [0.1, 0.15) is 39.5 Å². The Morgan fingerprint density at radius 1 is 1.00 bits per heavy atom. The van der Waals surface area contributed by atoms with Gasteiger partial charge in [0.25, 0.3) is 11.5 Å². The standard InChI is InChI=1S/C16H22N6O3/c1-3-5-10-21-13(23)12(19-20-15-17-8-7-9-18-15)14(24)22(16(21)25)11-6-4-2/h7-9,23H,3-6,10-11H2,1-2H3. The van der Waals surface area contributed by atoms with E-state index in [1.807, 2.05) is 13.8 Å².